The Morgan fingerprint density at radius 1 is 1.50 bits per heavy atom. The van der Waals surface area contributed by atoms with Gasteiger partial charge in [0, 0.05) is 35.5 Å². The molecule has 0 bridgehead atoms. The van der Waals surface area contributed by atoms with Gasteiger partial charge in [-0.05, 0) is 19.1 Å². The fourth-order valence-electron chi connectivity index (χ4n) is 1.77. The molecule has 0 fully saturated rings. The monoisotopic (exact) mass is 291 g/mol. The molecular weight excluding hydrogens is 278 g/mol. The summed E-state index contributed by atoms with van der Waals surface area (Å²) in [4.78, 5) is 26.3. The van der Waals surface area contributed by atoms with Crippen LogP contribution in [0.3, 0.4) is 0 Å². The van der Waals surface area contributed by atoms with Crippen molar-refractivity contribution < 1.29 is 9.72 Å². The lowest BCUT2D eigenvalue weighted by atomic mass is 10.1. The van der Waals surface area contributed by atoms with Crippen molar-refractivity contribution in [3.8, 4) is 0 Å². The van der Waals surface area contributed by atoms with Crippen LogP contribution in [0.2, 0.25) is 0 Å². The van der Waals surface area contributed by atoms with E-state index < -0.39 is 4.92 Å². The summed E-state index contributed by atoms with van der Waals surface area (Å²) in [7, 11) is 0. The predicted molar refractivity (Wildman–Crippen MR) is 76.0 cm³/mol. The summed E-state index contributed by atoms with van der Waals surface area (Å²) in [6, 6.07) is 4.34. The smallest absolute Gasteiger partial charge is 0.272 e. The van der Waals surface area contributed by atoms with E-state index in [-0.39, 0.29) is 11.6 Å². The third kappa shape index (κ3) is 3.39. The highest BCUT2D eigenvalue weighted by Gasteiger charge is 2.13. The molecule has 0 aliphatic carbocycles. The number of aromatic nitrogens is 1. The Labute approximate surface area is 119 Å². The standard InChI is InChI=1S/C13H13N3O3S/c1-9-6-10(2-3-12(9)16(18)19)13(17)14-5-4-11-7-20-8-15-11/h2-3,6-8H,4-5H2,1H3,(H,14,17). The fraction of sp³-hybridized carbons (Fsp3) is 0.231. The van der Waals surface area contributed by atoms with Crippen molar-refractivity contribution in [2.75, 3.05) is 6.54 Å². The Bertz CT molecular complexity index is 626. The van der Waals surface area contributed by atoms with Crippen molar-refractivity contribution in [3.63, 3.8) is 0 Å². The van der Waals surface area contributed by atoms with Gasteiger partial charge < -0.3 is 5.32 Å². The maximum atomic E-state index is 11.9. The number of carbonyl (C=O) groups excluding carboxylic acids is 1. The minimum atomic E-state index is -0.459. The second kappa shape index (κ2) is 6.25. The van der Waals surface area contributed by atoms with Crippen molar-refractivity contribution in [3.05, 3.63) is 56.0 Å². The summed E-state index contributed by atoms with van der Waals surface area (Å²) < 4.78 is 0. The molecule has 1 N–H and O–H groups in total. The Morgan fingerprint density at radius 3 is 2.90 bits per heavy atom. The van der Waals surface area contributed by atoms with Crippen LogP contribution in [0.15, 0.2) is 29.1 Å². The molecule has 0 aliphatic heterocycles. The van der Waals surface area contributed by atoms with Gasteiger partial charge in [-0.15, -0.1) is 11.3 Å². The maximum absolute atomic E-state index is 11.9. The van der Waals surface area contributed by atoms with Crippen LogP contribution < -0.4 is 5.32 Å². The second-order valence-electron chi connectivity index (χ2n) is 4.24. The van der Waals surface area contributed by atoms with Gasteiger partial charge in [0.2, 0.25) is 0 Å². The highest BCUT2D eigenvalue weighted by molar-refractivity contribution is 7.07. The van der Waals surface area contributed by atoms with Crippen molar-refractivity contribution in [2.45, 2.75) is 13.3 Å². The lowest BCUT2D eigenvalue weighted by molar-refractivity contribution is -0.385. The SMILES string of the molecule is Cc1cc(C(=O)NCCc2cscn2)ccc1[N+](=O)[O-]. The molecule has 0 atom stereocenters. The first-order chi connectivity index (χ1) is 9.58. The van der Waals surface area contributed by atoms with E-state index in [1.807, 2.05) is 5.38 Å². The Hall–Kier alpha value is -2.28. The molecule has 0 radical (unpaired) electrons. The van der Waals surface area contributed by atoms with E-state index in [9.17, 15) is 14.9 Å². The van der Waals surface area contributed by atoms with E-state index in [0.29, 0.717) is 24.1 Å². The second-order valence-corrected chi connectivity index (χ2v) is 4.96. The summed E-state index contributed by atoms with van der Waals surface area (Å²) in [5.41, 5.74) is 3.60. The van der Waals surface area contributed by atoms with Crippen LogP contribution in [0.25, 0.3) is 0 Å². The molecule has 0 saturated heterocycles. The number of amides is 1. The van der Waals surface area contributed by atoms with Gasteiger partial charge in [0.05, 0.1) is 16.1 Å². The van der Waals surface area contributed by atoms with Crippen LogP contribution in [0.4, 0.5) is 5.69 Å². The number of benzene rings is 1. The number of nitrogens with one attached hydrogen (secondary N) is 1. The first kappa shape index (κ1) is 14.1. The van der Waals surface area contributed by atoms with Crippen LogP contribution in [0, 0.1) is 17.0 Å². The fourth-order valence-corrected chi connectivity index (χ4v) is 2.36. The topological polar surface area (TPSA) is 85.1 Å². The van der Waals surface area contributed by atoms with Crippen molar-refractivity contribution in [1.29, 1.82) is 0 Å². The first-order valence-corrected chi connectivity index (χ1v) is 6.92. The minimum Gasteiger partial charge on any atom is -0.352 e. The van der Waals surface area contributed by atoms with Crippen molar-refractivity contribution in [2.24, 2.45) is 0 Å². The lowest BCUT2D eigenvalue weighted by Gasteiger charge is -2.05. The first-order valence-electron chi connectivity index (χ1n) is 5.98. The van der Waals surface area contributed by atoms with Gasteiger partial charge in [0.15, 0.2) is 0 Å². The number of nitro groups is 1. The molecule has 6 nitrogen and oxygen atoms in total. The highest BCUT2D eigenvalue weighted by Crippen LogP contribution is 2.18. The molecule has 0 aliphatic rings. The van der Waals surface area contributed by atoms with Crippen LogP contribution in [0.1, 0.15) is 21.6 Å². The summed E-state index contributed by atoms with van der Waals surface area (Å²) in [6.07, 6.45) is 0.668. The van der Waals surface area contributed by atoms with E-state index >= 15 is 0 Å². The van der Waals surface area contributed by atoms with Gasteiger partial charge in [-0.2, -0.15) is 0 Å². The van der Waals surface area contributed by atoms with E-state index in [2.05, 4.69) is 10.3 Å². The molecule has 1 amide bonds. The molecule has 0 saturated carbocycles. The molecule has 1 aromatic carbocycles. The largest absolute Gasteiger partial charge is 0.352 e. The van der Waals surface area contributed by atoms with Crippen molar-refractivity contribution >= 4 is 22.9 Å². The van der Waals surface area contributed by atoms with E-state index in [1.165, 1.54) is 29.5 Å². The number of hydrogen-bond acceptors (Lipinski definition) is 5. The average Bonchev–Trinajstić information content (AvgIpc) is 2.91. The van der Waals surface area contributed by atoms with Crippen LogP contribution in [-0.4, -0.2) is 22.4 Å². The van der Waals surface area contributed by atoms with Gasteiger partial charge in [-0.3, -0.25) is 14.9 Å². The van der Waals surface area contributed by atoms with Gasteiger partial charge in [-0.25, -0.2) is 4.98 Å². The summed E-state index contributed by atoms with van der Waals surface area (Å²) in [5.74, 6) is -0.238. The number of aryl methyl sites for hydroxylation is 1. The number of nitrogens with zero attached hydrogens (tertiary/aromatic N) is 2. The maximum Gasteiger partial charge on any atom is 0.272 e. The number of thiazole rings is 1. The molecule has 2 aromatic rings. The summed E-state index contributed by atoms with van der Waals surface area (Å²) in [5, 5.41) is 15.4. The van der Waals surface area contributed by atoms with Gasteiger partial charge >= 0.3 is 0 Å². The molecule has 7 heteroatoms. The van der Waals surface area contributed by atoms with E-state index in [0.717, 1.165) is 5.69 Å². The molecule has 104 valence electrons. The quantitative estimate of drug-likeness (QED) is 0.676. The molecule has 1 heterocycles. The predicted octanol–water partition coefficient (Wildman–Crippen LogP) is 2.33. The number of hydrogen-bond donors (Lipinski definition) is 1. The molecule has 1 aromatic heterocycles. The third-order valence-electron chi connectivity index (χ3n) is 2.81. The number of rotatable bonds is 5. The summed E-state index contributed by atoms with van der Waals surface area (Å²) >= 11 is 1.51. The van der Waals surface area contributed by atoms with Gasteiger partial charge in [-0.1, -0.05) is 0 Å². The summed E-state index contributed by atoms with van der Waals surface area (Å²) in [6.45, 7) is 2.10. The van der Waals surface area contributed by atoms with E-state index in [1.54, 1.807) is 12.4 Å². The van der Waals surface area contributed by atoms with Crippen LogP contribution in [0.5, 0.6) is 0 Å². The van der Waals surface area contributed by atoms with E-state index in [4.69, 9.17) is 0 Å². The Morgan fingerprint density at radius 2 is 2.30 bits per heavy atom. The third-order valence-corrected chi connectivity index (χ3v) is 3.44. The van der Waals surface area contributed by atoms with Crippen LogP contribution >= 0.6 is 11.3 Å². The van der Waals surface area contributed by atoms with Gasteiger partial charge in [0.1, 0.15) is 0 Å². The molecule has 0 unspecified atom stereocenters. The average molecular weight is 291 g/mol. The Balaban J connectivity index is 1.95. The molecule has 2 rings (SSSR count). The number of nitro benzene ring substituents is 1. The normalized spacial score (nSPS) is 10.2. The molecular formula is C13H13N3O3S. The zero-order valence-electron chi connectivity index (χ0n) is 10.8. The van der Waals surface area contributed by atoms with Crippen molar-refractivity contribution in [1.82, 2.24) is 10.3 Å². The van der Waals surface area contributed by atoms with Gasteiger partial charge in [0.25, 0.3) is 11.6 Å². The van der Waals surface area contributed by atoms with Crippen LogP contribution in [-0.2, 0) is 6.42 Å². The zero-order chi connectivity index (χ0) is 14.5. The minimum absolute atomic E-state index is 0.0176. The zero-order valence-corrected chi connectivity index (χ0v) is 11.6. The lowest BCUT2D eigenvalue weighted by Crippen LogP contribution is -2.25. The number of carbonyl (C=O) groups is 1. The molecule has 0 spiro atoms. The molecule has 20 heavy (non-hydrogen) atoms. The highest BCUT2D eigenvalue weighted by atomic mass is 32.1. The Kier molecular flexibility index (Phi) is 4.41.